The summed E-state index contributed by atoms with van der Waals surface area (Å²) in [6, 6.07) is 7.68. The van der Waals surface area contributed by atoms with E-state index < -0.39 is 0 Å². The van der Waals surface area contributed by atoms with Gasteiger partial charge in [0.05, 0.1) is 18.1 Å². The van der Waals surface area contributed by atoms with Crippen LogP contribution in [0.5, 0.6) is 0 Å². The van der Waals surface area contributed by atoms with E-state index in [0.717, 1.165) is 15.0 Å². The van der Waals surface area contributed by atoms with Crippen LogP contribution in [-0.4, -0.2) is 40.2 Å². The van der Waals surface area contributed by atoms with Crippen molar-refractivity contribution in [2.75, 3.05) is 23.4 Å². The molecule has 0 aliphatic carbocycles. The van der Waals surface area contributed by atoms with Gasteiger partial charge < -0.3 is 4.74 Å². The summed E-state index contributed by atoms with van der Waals surface area (Å²) in [6.07, 6.45) is 0. The molecule has 1 heterocycles. The second-order valence-electron chi connectivity index (χ2n) is 4.27. The van der Waals surface area contributed by atoms with Gasteiger partial charge in [0.25, 0.3) is 0 Å². The molecule has 0 aliphatic heterocycles. The third-order valence-corrected chi connectivity index (χ3v) is 4.84. The highest BCUT2D eigenvalue weighted by atomic mass is 79.9. The van der Waals surface area contributed by atoms with Crippen LogP contribution < -0.4 is 5.32 Å². The summed E-state index contributed by atoms with van der Waals surface area (Å²) < 4.78 is 5.77. The predicted octanol–water partition coefficient (Wildman–Crippen LogP) is 3.20. The normalized spacial score (nSPS) is 10.3. The number of benzene rings is 1. The first-order valence-electron chi connectivity index (χ1n) is 6.71. The summed E-state index contributed by atoms with van der Waals surface area (Å²) in [5, 5.41) is 11.8. The van der Waals surface area contributed by atoms with Crippen molar-refractivity contribution in [1.82, 2.24) is 10.2 Å². The number of anilines is 1. The van der Waals surface area contributed by atoms with E-state index in [0.29, 0.717) is 11.7 Å². The van der Waals surface area contributed by atoms with Crippen LogP contribution in [0, 0.1) is 0 Å². The number of hydrogen-bond donors (Lipinski definition) is 1. The Kier molecular flexibility index (Phi) is 7.00. The molecular weight excluding hydrogens is 402 g/mol. The molecule has 6 nitrogen and oxygen atoms in total. The molecule has 23 heavy (non-hydrogen) atoms. The molecule has 1 aromatic carbocycles. The Bertz CT molecular complexity index is 676. The molecule has 2 aromatic rings. The third-order valence-electron chi connectivity index (χ3n) is 2.52. The zero-order chi connectivity index (χ0) is 16.7. The smallest absolute Gasteiger partial charge is 0.315 e. The van der Waals surface area contributed by atoms with Crippen LogP contribution in [0.15, 0.2) is 28.7 Å². The Morgan fingerprint density at radius 2 is 2.00 bits per heavy atom. The maximum atomic E-state index is 11.8. The van der Waals surface area contributed by atoms with Crippen LogP contribution in [-0.2, 0) is 14.3 Å². The van der Waals surface area contributed by atoms with E-state index in [1.54, 1.807) is 6.92 Å². The van der Waals surface area contributed by atoms with Crippen molar-refractivity contribution >= 4 is 56.0 Å². The zero-order valence-electron chi connectivity index (χ0n) is 12.2. The molecule has 0 bridgehead atoms. The van der Waals surface area contributed by atoms with Crippen molar-refractivity contribution in [3.63, 3.8) is 0 Å². The summed E-state index contributed by atoms with van der Waals surface area (Å²) in [4.78, 5) is 23.0. The van der Waals surface area contributed by atoms with Crippen LogP contribution in [0.3, 0.4) is 0 Å². The van der Waals surface area contributed by atoms with E-state index in [-0.39, 0.29) is 23.4 Å². The van der Waals surface area contributed by atoms with Crippen molar-refractivity contribution < 1.29 is 14.3 Å². The van der Waals surface area contributed by atoms with Gasteiger partial charge in [-0.15, -0.1) is 22.0 Å². The molecule has 0 saturated carbocycles. The van der Waals surface area contributed by atoms with Gasteiger partial charge in [0, 0.05) is 10.0 Å². The number of carbonyl (C=O) groups excluding carboxylic acids is 2. The molecule has 9 heteroatoms. The predicted molar refractivity (Wildman–Crippen MR) is 95.6 cm³/mol. The molecule has 1 N–H and O–H groups in total. The summed E-state index contributed by atoms with van der Waals surface area (Å²) >= 11 is 5.87. The minimum atomic E-state index is -0.321. The van der Waals surface area contributed by atoms with Crippen LogP contribution in [0.2, 0.25) is 0 Å². The van der Waals surface area contributed by atoms with E-state index >= 15 is 0 Å². The van der Waals surface area contributed by atoms with Gasteiger partial charge >= 0.3 is 5.97 Å². The lowest BCUT2D eigenvalue weighted by Crippen LogP contribution is -2.16. The summed E-state index contributed by atoms with van der Waals surface area (Å²) in [5.41, 5.74) is 0.933. The Balaban J connectivity index is 1.83. The second-order valence-corrected chi connectivity index (χ2v) is 7.14. The molecule has 122 valence electrons. The largest absolute Gasteiger partial charge is 0.465 e. The fourth-order valence-corrected chi connectivity index (χ4v) is 3.21. The maximum absolute atomic E-state index is 11.8. The van der Waals surface area contributed by atoms with Crippen molar-refractivity contribution in [3.05, 3.63) is 28.7 Å². The molecule has 0 radical (unpaired) electrons. The number of hydrogen-bond acceptors (Lipinski definition) is 7. The number of rotatable bonds is 7. The molecule has 1 aromatic heterocycles. The number of thioether (sulfide) groups is 1. The fourth-order valence-electron chi connectivity index (χ4n) is 1.57. The molecular formula is C14H14BrN3O3S2. The van der Waals surface area contributed by atoms with Gasteiger partial charge in [-0.2, -0.15) is 0 Å². The van der Waals surface area contributed by atoms with E-state index in [4.69, 9.17) is 4.74 Å². The number of halogens is 1. The third kappa shape index (κ3) is 5.92. The summed E-state index contributed by atoms with van der Waals surface area (Å²) in [5.74, 6) is -0.232. The Morgan fingerprint density at radius 1 is 1.26 bits per heavy atom. The molecule has 0 saturated heterocycles. The zero-order valence-corrected chi connectivity index (χ0v) is 15.5. The van der Waals surface area contributed by atoms with Crippen LogP contribution in [0.25, 0.3) is 10.6 Å². The van der Waals surface area contributed by atoms with Gasteiger partial charge in [0.15, 0.2) is 0 Å². The minimum absolute atomic E-state index is 0.154. The van der Waals surface area contributed by atoms with Crippen LogP contribution >= 0.6 is 39.0 Å². The molecule has 0 unspecified atom stereocenters. The Labute approximate surface area is 150 Å². The second kappa shape index (κ2) is 8.99. The average molecular weight is 416 g/mol. The van der Waals surface area contributed by atoms with Crippen molar-refractivity contribution in [3.8, 4) is 10.6 Å². The van der Waals surface area contributed by atoms with E-state index in [1.807, 2.05) is 24.3 Å². The topological polar surface area (TPSA) is 81.2 Å². The highest BCUT2D eigenvalue weighted by Crippen LogP contribution is 2.27. The molecule has 1 amide bonds. The fraction of sp³-hybridized carbons (Fsp3) is 0.286. The summed E-state index contributed by atoms with van der Waals surface area (Å²) in [6.45, 7) is 2.09. The number of carbonyl (C=O) groups is 2. The highest BCUT2D eigenvalue weighted by Gasteiger charge is 2.11. The molecule has 0 fully saturated rings. The molecule has 0 spiro atoms. The van der Waals surface area contributed by atoms with Crippen molar-refractivity contribution in [1.29, 1.82) is 0 Å². The quantitative estimate of drug-likeness (QED) is 0.699. The lowest BCUT2D eigenvalue weighted by Gasteiger charge is -2.02. The van der Waals surface area contributed by atoms with E-state index in [1.165, 1.54) is 23.1 Å². The van der Waals surface area contributed by atoms with Gasteiger partial charge in [0.1, 0.15) is 5.01 Å². The molecule has 0 aliphatic rings. The van der Waals surface area contributed by atoms with Crippen molar-refractivity contribution in [2.24, 2.45) is 0 Å². The number of aromatic nitrogens is 2. The Morgan fingerprint density at radius 3 is 2.70 bits per heavy atom. The lowest BCUT2D eigenvalue weighted by atomic mass is 10.2. The Hall–Kier alpha value is -1.45. The van der Waals surface area contributed by atoms with Crippen molar-refractivity contribution in [2.45, 2.75) is 6.92 Å². The number of esters is 1. The SMILES string of the molecule is CCOC(=O)CSCC(=O)Nc1nnc(-c2ccc(Br)cc2)s1. The number of nitrogens with one attached hydrogen (secondary N) is 1. The first-order chi connectivity index (χ1) is 11.1. The lowest BCUT2D eigenvalue weighted by molar-refractivity contribution is -0.139. The first-order valence-corrected chi connectivity index (χ1v) is 9.47. The number of nitrogens with zero attached hydrogens (tertiary/aromatic N) is 2. The van der Waals surface area contributed by atoms with Gasteiger partial charge in [-0.3, -0.25) is 14.9 Å². The number of amides is 1. The van der Waals surface area contributed by atoms with Crippen LogP contribution in [0.1, 0.15) is 6.92 Å². The van der Waals surface area contributed by atoms with Gasteiger partial charge in [-0.05, 0) is 19.1 Å². The van der Waals surface area contributed by atoms with E-state index in [2.05, 4.69) is 31.4 Å². The highest BCUT2D eigenvalue weighted by molar-refractivity contribution is 9.10. The van der Waals surface area contributed by atoms with Gasteiger partial charge in [0.2, 0.25) is 11.0 Å². The van der Waals surface area contributed by atoms with E-state index in [9.17, 15) is 9.59 Å². The first kappa shape index (κ1) is 17.9. The van der Waals surface area contributed by atoms with Crippen LogP contribution in [0.4, 0.5) is 5.13 Å². The van der Waals surface area contributed by atoms with Gasteiger partial charge in [-0.25, -0.2) is 0 Å². The minimum Gasteiger partial charge on any atom is -0.465 e. The average Bonchev–Trinajstić information content (AvgIpc) is 2.96. The summed E-state index contributed by atoms with van der Waals surface area (Å²) in [7, 11) is 0. The van der Waals surface area contributed by atoms with Gasteiger partial charge in [-0.1, -0.05) is 39.4 Å². The number of ether oxygens (including phenoxy) is 1. The monoisotopic (exact) mass is 415 g/mol. The maximum Gasteiger partial charge on any atom is 0.315 e. The standard InChI is InChI=1S/C14H14BrN3O3S2/c1-2-21-12(20)8-22-7-11(19)16-14-18-17-13(23-14)9-3-5-10(15)6-4-9/h3-6H,2,7-8H2,1H3,(H,16,18,19). The molecule has 2 rings (SSSR count). The molecule has 0 atom stereocenters.